The molecule has 0 saturated carbocycles. The topological polar surface area (TPSA) is 27.3 Å². The van der Waals surface area contributed by atoms with E-state index < -0.39 is 0 Å². The Bertz CT molecular complexity index is 154. The summed E-state index contributed by atoms with van der Waals surface area (Å²) in [5.74, 6) is 0. The Balaban J connectivity index is 2.16. The van der Waals surface area contributed by atoms with Crippen LogP contribution in [0.5, 0.6) is 0 Å². The summed E-state index contributed by atoms with van der Waals surface area (Å²) in [4.78, 5) is 0. The third-order valence-electron chi connectivity index (χ3n) is 2.06. The van der Waals surface area contributed by atoms with Gasteiger partial charge in [-0.25, -0.2) is 0 Å². The molecule has 0 aliphatic carbocycles. The lowest BCUT2D eigenvalue weighted by Crippen LogP contribution is -2.36. The number of nitrogens with one attached hydrogen (secondary N) is 2. The first-order valence-electron chi connectivity index (χ1n) is 4.85. The Morgan fingerprint density at radius 3 is 2.75 bits per heavy atom. The first kappa shape index (κ1) is 9.39. The smallest absolute Gasteiger partial charge is 0.0453 e. The van der Waals surface area contributed by atoms with Crippen molar-refractivity contribution in [3.8, 4) is 0 Å². The quantitative estimate of drug-likeness (QED) is 0.614. The Morgan fingerprint density at radius 2 is 2.17 bits per heavy atom. The lowest BCUT2D eigenvalue weighted by atomic mass is 10.2. The molecular weight excluding hydrogens is 150 g/mol. The molecule has 0 atom stereocenters. The van der Waals surface area contributed by atoms with Gasteiger partial charge in [-0.05, 0) is 19.8 Å². The van der Waals surface area contributed by atoms with Gasteiger partial charge in [0, 0.05) is 18.4 Å². The Kier molecular flexibility index (Phi) is 3.94. The SMILES string of the molecule is CCCCCC1=CN(CC)NN1. The van der Waals surface area contributed by atoms with E-state index in [-0.39, 0.29) is 0 Å². The molecule has 0 aromatic carbocycles. The molecule has 0 radical (unpaired) electrons. The van der Waals surface area contributed by atoms with Crippen LogP contribution in [0.1, 0.15) is 39.5 Å². The Hall–Kier alpha value is -0.700. The molecule has 3 heteroatoms. The molecule has 0 amide bonds. The van der Waals surface area contributed by atoms with Crippen molar-refractivity contribution in [2.45, 2.75) is 39.5 Å². The van der Waals surface area contributed by atoms with Crippen LogP contribution in [0.15, 0.2) is 11.9 Å². The van der Waals surface area contributed by atoms with Gasteiger partial charge < -0.3 is 5.43 Å². The number of rotatable bonds is 5. The van der Waals surface area contributed by atoms with Crippen LogP contribution in [0.4, 0.5) is 0 Å². The Labute approximate surface area is 74.8 Å². The summed E-state index contributed by atoms with van der Waals surface area (Å²) < 4.78 is 0. The molecule has 0 spiro atoms. The largest absolute Gasteiger partial charge is 0.306 e. The predicted molar refractivity (Wildman–Crippen MR) is 50.9 cm³/mol. The lowest BCUT2D eigenvalue weighted by molar-refractivity contribution is 0.284. The number of unbranched alkanes of at least 4 members (excludes halogenated alkanes) is 2. The van der Waals surface area contributed by atoms with E-state index in [1.165, 1.54) is 25.0 Å². The zero-order valence-corrected chi connectivity index (χ0v) is 8.06. The molecule has 0 aromatic rings. The fourth-order valence-corrected chi connectivity index (χ4v) is 1.26. The molecule has 0 unspecified atom stereocenters. The van der Waals surface area contributed by atoms with Gasteiger partial charge in [-0.3, -0.25) is 5.01 Å². The summed E-state index contributed by atoms with van der Waals surface area (Å²) in [5, 5.41) is 2.06. The van der Waals surface area contributed by atoms with E-state index in [0.29, 0.717) is 0 Å². The maximum Gasteiger partial charge on any atom is 0.0453 e. The number of allylic oxidation sites excluding steroid dienone is 1. The molecule has 1 heterocycles. The summed E-state index contributed by atoms with van der Waals surface area (Å²) in [6.45, 7) is 5.36. The van der Waals surface area contributed by atoms with Crippen LogP contribution in [-0.2, 0) is 0 Å². The first-order chi connectivity index (χ1) is 5.86. The molecule has 1 rings (SSSR count). The van der Waals surface area contributed by atoms with Crippen molar-refractivity contribution in [2.24, 2.45) is 0 Å². The van der Waals surface area contributed by atoms with Crippen LogP contribution in [0, 0.1) is 0 Å². The van der Waals surface area contributed by atoms with E-state index in [9.17, 15) is 0 Å². The molecule has 70 valence electrons. The van der Waals surface area contributed by atoms with Crippen molar-refractivity contribution in [1.29, 1.82) is 0 Å². The maximum absolute atomic E-state index is 3.15. The minimum atomic E-state index is 1.00. The van der Waals surface area contributed by atoms with Gasteiger partial charge in [0.15, 0.2) is 0 Å². The monoisotopic (exact) mass is 169 g/mol. The number of hydrogen-bond acceptors (Lipinski definition) is 3. The molecular formula is C9H19N3. The highest BCUT2D eigenvalue weighted by molar-refractivity contribution is 5.01. The average Bonchev–Trinajstić information content (AvgIpc) is 2.53. The highest BCUT2D eigenvalue weighted by atomic mass is 15.7. The minimum absolute atomic E-state index is 1.00. The molecule has 1 aliphatic heterocycles. The molecule has 12 heavy (non-hydrogen) atoms. The van der Waals surface area contributed by atoms with Crippen LogP contribution < -0.4 is 11.0 Å². The molecule has 0 aromatic heterocycles. The summed E-state index contributed by atoms with van der Waals surface area (Å²) in [6, 6.07) is 0. The van der Waals surface area contributed by atoms with E-state index in [0.717, 1.165) is 13.0 Å². The lowest BCUT2D eigenvalue weighted by Gasteiger charge is -2.10. The third kappa shape index (κ3) is 2.74. The summed E-state index contributed by atoms with van der Waals surface area (Å²) in [7, 11) is 0. The van der Waals surface area contributed by atoms with E-state index in [4.69, 9.17) is 0 Å². The fourth-order valence-electron chi connectivity index (χ4n) is 1.26. The van der Waals surface area contributed by atoms with E-state index in [2.05, 4.69) is 36.0 Å². The van der Waals surface area contributed by atoms with Crippen molar-refractivity contribution in [3.63, 3.8) is 0 Å². The molecule has 3 nitrogen and oxygen atoms in total. The fraction of sp³-hybridized carbons (Fsp3) is 0.778. The van der Waals surface area contributed by atoms with Crippen LogP contribution in [-0.4, -0.2) is 11.6 Å². The van der Waals surface area contributed by atoms with E-state index in [1.807, 2.05) is 0 Å². The van der Waals surface area contributed by atoms with Gasteiger partial charge in [0.1, 0.15) is 0 Å². The number of hydrazine groups is 2. The molecule has 0 fully saturated rings. The maximum atomic E-state index is 3.15. The zero-order chi connectivity index (χ0) is 8.81. The zero-order valence-electron chi connectivity index (χ0n) is 8.06. The van der Waals surface area contributed by atoms with Crippen molar-refractivity contribution in [2.75, 3.05) is 6.54 Å². The van der Waals surface area contributed by atoms with Gasteiger partial charge in [0.05, 0.1) is 0 Å². The van der Waals surface area contributed by atoms with Crippen molar-refractivity contribution < 1.29 is 0 Å². The molecule has 0 saturated heterocycles. The van der Waals surface area contributed by atoms with Gasteiger partial charge >= 0.3 is 0 Å². The van der Waals surface area contributed by atoms with Gasteiger partial charge in [0.25, 0.3) is 0 Å². The second kappa shape index (κ2) is 5.04. The van der Waals surface area contributed by atoms with Crippen LogP contribution in [0.25, 0.3) is 0 Å². The minimum Gasteiger partial charge on any atom is -0.306 e. The van der Waals surface area contributed by atoms with Crippen molar-refractivity contribution >= 4 is 0 Å². The van der Waals surface area contributed by atoms with Crippen molar-refractivity contribution in [1.82, 2.24) is 16.0 Å². The standard InChI is InChI=1S/C9H19N3/c1-3-5-6-7-9-8-12(4-2)11-10-9/h8,10-11H,3-7H2,1-2H3. The normalized spacial score (nSPS) is 16.2. The molecule has 2 N–H and O–H groups in total. The van der Waals surface area contributed by atoms with Gasteiger partial charge in [-0.15, -0.1) is 5.53 Å². The Morgan fingerprint density at radius 1 is 1.33 bits per heavy atom. The van der Waals surface area contributed by atoms with E-state index in [1.54, 1.807) is 0 Å². The summed E-state index contributed by atoms with van der Waals surface area (Å²) in [5.41, 5.74) is 7.54. The van der Waals surface area contributed by atoms with E-state index >= 15 is 0 Å². The third-order valence-corrected chi connectivity index (χ3v) is 2.06. The average molecular weight is 169 g/mol. The second-order valence-corrected chi connectivity index (χ2v) is 3.13. The van der Waals surface area contributed by atoms with Crippen LogP contribution in [0.2, 0.25) is 0 Å². The van der Waals surface area contributed by atoms with Gasteiger partial charge in [-0.2, -0.15) is 0 Å². The molecule has 1 aliphatic rings. The highest BCUT2D eigenvalue weighted by Crippen LogP contribution is 2.09. The van der Waals surface area contributed by atoms with Crippen molar-refractivity contribution in [3.05, 3.63) is 11.9 Å². The number of nitrogens with zero attached hydrogens (tertiary/aromatic N) is 1. The molecule has 0 bridgehead atoms. The number of hydrogen-bond donors (Lipinski definition) is 2. The second-order valence-electron chi connectivity index (χ2n) is 3.13. The van der Waals surface area contributed by atoms with Gasteiger partial charge in [-0.1, -0.05) is 19.8 Å². The predicted octanol–water partition coefficient (Wildman–Crippen LogP) is 1.75. The van der Waals surface area contributed by atoms with Crippen LogP contribution in [0.3, 0.4) is 0 Å². The highest BCUT2D eigenvalue weighted by Gasteiger charge is 2.07. The summed E-state index contributed by atoms with van der Waals surface area (Å²) in [6.07, 6.45) is 7.21. The first-order valence-corrected chi connectivity index (χ1v) is 4.85. The summed E-state index contributed by atoms with van der Waals surface area (Å²) >= 11 is 0. The van der Waals surface area contributed by atoms with Gasteiger partial charge in [0.2, 0.25) is 0 Å². The van der Waals surface area contributed by atoms with Crippen LogP contribution >= 0.6 is 0 Å².